The minimum atomic E-state index is -0.0804. The molecule has 2 heterocycles. The number of carbonyl (C=O) groups excluding carboxylic acids is 1. The van der Waals surface area contributed by atoms with Crippen LogP contribution in [0.4, 0.5) is 0 Å². The Morgan fingerprint density at radius 2 is 2.53 bits per heavy atom. The van der Waals surface area contributed by atoms with E-state index in [-0.39, 0.29) is 5.91 Å². The highest BCUT2D eigenvalue weighted by Crippen LogP contribution is 2.04. The van der Waals surface area contributed by atoms with Crippen LogP contribution in [0.5, 0.6) is 0 Å². The maximum absolute atomic E-state index is 11.5. The van der Waals surface area contributed by atoms with Crippen molar-refractivity contribution >= 4 is 5.91 Å². The second-order valence-corrected chi connectivity index (χ2v) is 3.51. The Hall–Kier alpha value is -1.55. The number of nitrogens with one attached hydrogen (secondary N) is 2. The van der Waals surface area contributed by atoms with E-state index in [2.05, 4.69) is 16.7 Å². The molecule has 4 heteroatoms. The Bertz CT molecular complexity index is 355. The quantitative estimate of drug-likeness (QED) is 0.723. The van der Waals surface area contributed by atoms with Gasteiger partial charge in [-0.25, -0.2) is 0 Å². The first-order valence-electron chi connectivity index (χ1n) is 5.05. The summed E-state index contributed by atoms with van der Waals surface area (Å²) in [5.74, 6) is -0.0804. The van der Waals surface area contributed by atoms with Gasteiger partial charge in [0.15, 0.2) is 0 Å². The molecule has 0 spiro atoms. The highest BCUT2D eigenvalue weighted by molar-refractivity contribution is 5.93. The lowest BCUT2D eigenvalue weighted by molar-refractivity contribution is 0.0956. The van der Waals surface area contributed by atoms with Crippen molar-refractivity contribution in [2.45, 2.75) is 6.42 Å². The summed E-state index contributed by atoms with van der Waals surface area (Å²) in [6.07, 6.45) is 6.08. The van der Waals surface area contributed by atoms with Gasteiger partial charge in [-0.1, -0.05) is 11.6 Å². The molecule has 0 bridgehead atoms. The van der Waals surface area contributed by atoms with Crippen molar-refractivity contribution in [1.29, 1.82) is 0 Å². The topological polar surface area (TPSA) is 54.3 Å². The summed E-state index contributed by atoms with van der Waals surface area (Å²) in [4.78, 5) is 11.5. The zero-order valence-corrected chi connectivity index (χ0v) is 8.45. The van der Waals surface area contributed by atoms with Gasteiger partial charge >= 0.3 is 0 Å². The largest absolute Gasteiger partial charge is 0.472 e. The minimum absolute atomic E-state index is 0.0804. The average molecular weight is 206 g/mol. The number of rotatable bonds is 3. The Kier molecular flexibility index (Phi) is 3.19. The standard InChI is InChI=1S/C11H14N2O2/c14-11(10-3-6-15-8-10)13-7-9-1-4-12-5-2-9/h1,3,6,8,12H,2,4-5,7H2,(H,13,14). The van der Waals surface area contributed by atoms with Crippen LogP contribution in [0.3, 0.4) is 0 Å². The number of amides is 1. The summed E-state index contributed by atoms with van der Waals surface area (Å²) in [6.45, 7) is 2.52. The number of carbonyl (C=O) groups is 1. The van der Waals surface area contributed by atoms with E-state index in [1.165, 1.54) is 18.1 Å². The molecule has 0 fully saturated rings. The Labute approximate surface area is 88.3 Å². The zero-order valence-electron chi connectivity index (χ0n) is 8.45. The van der Waals surface area contributed by atoms with Crippen molar-refractivity contribution in [2.75, 3.05) is 19.6 Å². The fourth-order valence-corrected chi connectivity index (χ4v) is 1.52. The van der Waals surface area contributed by atoms with E-state index in [0.717, 1.165) is 19.5 Å². The van der Waals surface area contributed by atoms with Gasteiger partial charge < -0.3 is 15.1 Å². The highest BCUT2D eigenvalue weighted by Gasteiger charge is 2.08. The average Bonchev–Trinajstić information content (AvgIpc) is 2.81. The van der Waals surface area contributed by atoms with Gasteiger partial charge in [-0.2, -0.15) is 0 Å². The van der Waals surface area contributed by atoms with E-state index in [0.29, 0.717) is 12.1 Å². The van der Waals surface area contributed by atoms with Gasteiger partial charge in [0.25, 0.3) is 5.91 Å². The lowest BCUT2D eigenvalue weighted by atomic mass is 10.1. The Morgan fingerprint density at radius 3 is 3.20 bits per heavy atom. The van der Waals surface area contributed by atoms with Crippen molar-refractivity contribution in [3.63, 3.8) is 0 Å². The summed E-state index contributed by atoms with van der Waals surface area (Å²) in [5, 5.41) is 6.09. The molecule has 0 saturated heterocycles. The molecular weight excluding hydrogens is 192 g/mol. The fraction of sp³-hybridized carbons (Fsp3) is 0.364. The summed E-state index contributed by atoms with van der Waals surface area (Å²) < 4.78 is 4.84. The number of furan rings is 1. The summed E-state index contributed by atoms with van der Waals surface area (Å²) in [5.41, 5.74) is 1.86. The molecule has 2 rings (SSSR count). The summed E-state index contributed by atoms with van der Waals surface area (Å²) in [7, 11) is 0. The normalized spacial score (nSPS) is 15.9. The second kappa shape index (κ2) is 4.79. The van der Waals surface area contributed by atoms with E-state index >= 15 is 0 Å². The molecular formula is C11H14N2O2. The third-order valence-electron chi connectivity index (χ3n) is 2.42. The van der Waals surface area contributed by atoms with Crippen molar-refractivity contribution < 1.29 is 9.21 Å². The molecule has 0 unspecified atom stereocenters. The molecule has 1 aliphatic heterocycles. The monoisotopic (exact) mass is 206 g/mol. The predicted octanol–water partition coefficient (Wildman–Crippen LogP) is 0.929. The molecule has 1 aromatic rings. The molecule has 4 nitrogen and oxygen atoms in total. The van der Waals surface area contributed by atoms with E-state index in [4.69, 9.17) is 4.42 Å². The van der Waals surface area contributed by atoms with Crippen LogP contribution < -0.4 is 10.6 Å². The van der Waals surface area contributed by atoms with Crippen LogP contribution in [0.25, 0.3) is 0 Å². The first kappa shape index (κ1) is 9.98. The lowest BCUT2D eigenvalue weighted by Gasteiger charge is -2.14. The van der Waals surface area contributed by atoms with Crippen LogP contribution in [0.15, 0.2) is 34.7 Å². The van der Waals surface area contributed by atoms with Gasteiger partial charge in [-0.15, -0.1) is 0 Å². The predicted molar refractivity (Wildman–Crippen MR) is 56.6 cm³/mol. The molecule has 1 amide bonds. The van der Waals surface area contributed by atoms with Gasteiger partial charge in [0.05, 0.1) is 11.8 Å². The highest BCUT2D eigenvalue weighted by atomic mass is 16.3. The Balaban J connectivity index is 1.83. The van der Waals surface area contributed by atoms with Crippen molar-refractivity contribution in [3.05, 3.63) is 35.8 Å². The van der Waals surface area contributed by atoms with E-state index in [1.807, 2.05) is 0 Å². The van der Waals surface area contributed by atoms with Gasteiger partial charge in [0, 0.05) is 13.1 Å². The zero-order chi connectivity index (χ0) is 10.5. The number of hydrogen-bond acceptors (Lipinski definition) is 3. The summed E-state index contributed by atoms with van der Waals surface area (Å²) in [6, 6.07) is 1.66. The summed E-state index contributed by atoms with van der Waals surface area (Å²) >= 11 is 0. The first-order valence-corrected chi connectivity index (χ1v) is 5.05. The second-order valence-electron chi connectivity index (χ2n) is 3.51. The van der Waals surface area contributed by atoms with Crippen molar-refractivity contribution in [3.8, 4) is 0 Å². The van der Waals surface area contributed by atoms with Crippen LogP contribution in [-0.2, 0) is 0 Å². The third kappa shape index (κ3) is 2.70. The van der Waals surface area contributed by atoms with Crippen molar-refractivity contribution in [1.82, 2.24) is 10.6 Å². The third-order valence-corrected chi connectivity index (χ3v) is 2.42. The molecule has 2 N–H and O–H groups in total. The molecule has 1 aliphatic rings. The van der Waals surface area contributed by atoms with Gasteiger partial charge in [0.1, 0.15) is 6.26 Å². The first-order chi connectivity index (χ1) is 7.36. The molecule has 15 heavy (non-hydrogen) atoms. The van der Waals surface area contributed by atoms with Crippen LogP contribution in [0.1, 0.15) is 16.8 Å². The molecule has 1 aromatic heterocycles. The number of hydrogen-bond donors (Lipinski definition) is 2. The molecule has 0 saturated carbocycles. The minimum Gasteiger partial charge on any atom is -0.472 e. The molecule has 0 radical (unpaired) electrons. The van der Waals surface area contributed by atoms with Crippen LogP contribution in [0.2, 0.25) is 0 Å². The van der Waals surface area contributed by atoms with Crippen LogP contribution >= 0.6 is 0 Å². The maximum atomic E-state index is 11.5. The lowest BCUT2D eigenvalue weighted by Crippen LogP contribution is -2.29. The van der Waals surface area contributed by atoms with E-state index in [1.54, 1.807) is 6.07 Å². The van der Waals surface area contributed by atoms with E-state index in [9.17, 15) is 4.79 Å². The van der Waals surface area contributed by atoms with Crippen LogP contribution in [-0.4, -0.2) is 25.5 Å². The maximum Gasteiger partial charge on any atom is 0.254 e. The SMILES string of the molecule is O=C(NCC1=CCNCC1)c1ccoc1. The Morgan fingerprint density at radius 1 is 1.60 bits per heavy atom. The smallest absolute Gasteiger partial charge is 0.254 e. The van der Waals surface area contributed by atoms with Crippen molar-refractivity contribution in [2.24, 2.45) is 0 Å². The van der Waals surface area contributed by atoms with Gasteiger partial charge in [-0.3, -0.25) is 4.79 Å². The van der Waals surface area contributed by atoms with E-state index < -0.39 is 0 Å². The molecule has 80 valence electrons. The van der Waals surface area contributed by atoms with Gasteiger partial charge in [-0.05, 0) is 19.0 Å². The molecule has 0 aromatic carbocycles. The fourth-order valence-electron chi connectivity index (χ4n) is 1.52. The van der Waals surface area contributed by atoms with Gasteiger partial charge in [0.2, 0.25) is 0 Å². The molecule has 0 atom stereocenters. The van der Waals surface area contributed by atoms with Crippen LogP contribution in [0, 0.1) is 0 Å². The molecule has 0 aliphatic carbocycles.